The molecule has 0 bridgehead atoms. The Labute approximate surface area is 157 Å². The molecule has 2 heterocycles. The molecule has 0 amide bonds. The number of benzene rings is 2. The fourth-order valence-electron chi connectivity index (χ4n) is 3.18. The van der Waals surface area contributed by atoms with Crippen molar-refractivity contribution in [3.63, 3.8) is 0 Å². The van der Waals surface area contributed by atoms with Crippen molar-refractivity contribution in [3.8, 4) is 11.8 Å². The van der Waals surface area contributed by atoms with Crippen molar-refractivity contribution >= 4 is 27.8 Å². The highest BCUT2D eigenvalue weighted by atomic mass is 16.5. The van der Waals surface area contributed by atoms with Gasteiger partial charge in [0.05, 0.1) is 17.6 Å². The van der Waals surface area contributed by atoms with E-state index in [4.69, 9.17) is 10.5 Å². The molecule has 0 atom stereocenters. The van der Waals surface area contributed by atoms with Gasteiger partial charge in [-0.25, -0.2) is 9.97 Å². The minimum absolute atomic E-state index is 0.394. The first kappa shape index (κ1) is 17.1. The van der Waals surface area contributed by atoms with E-state index in [1.54, 1.807) is 0 Å². The molecular formula is C22H20N4O. The number of fused-ring (bicyclic) bond motifs is 3. The number of aryl methyl sites for hydroxylation is 1. The summed E-state index contributed by atoms with van der Waals surface area (Å²) in [4.78, 5) is 9.07. The van der Waals surface area contributed by atoms with Crippen molar-refractivity contribution in [2.45, 2.75) is 13.5 Å². The van der Waals surface area contributed by atoms with Crippen LogP contribution in [0.25, 0.3) is 21.9 Å². The number of rotatable bonds is 4. The monoisotopic (exact) mass is 356 g/mol. The van der Waals surface area contributed by atoms with Gasteiger partial charge >= 0.3 is 0 Å². The molecule has 2 N–H and O–H groups in total. The fraction of sp³-hybridized carbons (Fsp3) is 0.182. The van der Waals surface area contributed by atoms with Gasteiger partial charge in [-0.05, 0) is 25.1 Å². The van der Waals surface area contributed by atoms with Gasteiger partial charge in [0.15, 0.2) is 5.82 Å². The van der Waals surface area contributed by atoms with Gasteiger partial charge in [0.25, 0.3) is 0 Å². The van der Waals surface area contributed by atoms with Crippen molar-refractivity contribution in [1.82, 2.24) is 14.5 Å². The molecule has 134 valence electrons. The number of anilines is 1. The second kappa shape index (κ2) is 7.48. The van der Waals surface area contributed by atoms with E-state index in [1.807, 2.05) is 61.5 Å². The van der Waals surface area contributed by atoms with Crippen LogP contribution in [-0.2, 0) is 11.3 Å². The smallest absolute Gasteiger partial charge is 0.152 e. The molecule has 4 rings (SSSR count). The lowest BCUT2D eigenvalue weighted by molar-refractivity contribution is 0.158. The van der Waals surface area contributed by atoms with Crippen LogP contribution in [0.1, 0.15) is 11.4 Å². The number of pyridine rings is 1. The Hall–Kier alpha value is -3.36. The minimum Gasteiger partial charge on any atom is -0.382 e. The fourth-order valence-corrected chi connectivity index (χ4v) is 3.18. The van der Waals surface area contributed by atoms with Gasteiger partial charge in [-0.1, -0.05) is 48.2 Å². The predicted molar refractivity (Wildman–Crippen MR) is 108 cm³/mol. The quantitative estimate of drug-likeness (QED) is 0.449. The molecule has 0 saturated carbocycles. The average molecular weight is 356 g/mol. The van der Waals surface area contributed by atoms with E-state index in [0.717, 1.165) is 33.3 Å². The summed E-state index contributed by atoms with van der Waals surface area (Å²) in [6, 6.07) is 17.9. The largest absolute Gasteiger partial charge is 0.382 e. The highest BCUT2D eigenvalue weighted by Crippen LogP contribution is 2.28. The number of para-hydroxylation sites is 1. The molecule has 0 aliphatic rings. The molecule has 0 saturated heterocycles. The van der Waals surface area contributed by atoms with Gasteiger partial charge in [-0.2, -0.15) is 0 Å². The lowest BCUT2D eigenvalue weighted by atomic mass is 10.2. The van der Waals surface area contributed by atoms with E-state index in [2.05, 4.69) is 26.4 Å². The van der Waals surface area contributed by atoms with Gasteiger partial charge < -0.3 is 15.0 Å². The summed E-state index contributed by atoms with van der Waals surface area (Å²) in [5.74, 6) is 7.49. The average Bonchev–Trinajstić information content (AvgIpc) is 3.03. The van der Waals surface area contributed by atoms with E-state index < -0.39 is 0 Å². The normalized spacial score (nSPS) is 10.9. The van der Waals surface area contributed by atoms with Crippen molar-refractivity contribution in [2.24, 2.45) is 0 Å². The summed E-state index contributed by atoms with van der Waals surface area (Å²) in [5.41, 5.74) is 9.74. The van der Waals surface area contributed by atoms with Crippen LogP contribution in [-0.4, -0.2) is 27.7 Å². The van der Waals surface area contributed by atoms with Crippen molar-refractivity contribution in [3.05, 3.63) is 66.0 Å². The first-order valence-corrected chi connectivity index (χ1v) is 8.87. The zero-order valence-electron chi connectivity index (χ0n) is 15.1. The topological polar surface area (TPSA) is 66.0 Å². The summed E-state index contributed by atoms with van der Waals surface area (Å²) in [7, 11) is 0. The van der Waals surface area contributed by atoms with Crippen LogP contribution in [0.5, 0.6) is 0 Å². The number of nitrogens with two attached hydrogens (primary N) is 1. The molecule has 27 heavy (non-hydrogen) atoms. The summed E-state index contributed by atoms with van der Waals surface area (Å²) in [6.45, 7) is 3.60. The predicted octanol–water partition coefficient (Wildman–Crippen LogP) is 3.54. The maximum Gasteiger partial charge on any atom is 0.152 e. The Bertz CT molecular complexity index is 1150. The maximum absolute atomic E-state index is 6.12. The third kappa shape index (κ3) is 3.48. The molecule has 0 spiro atoms. The number of aromatic nitrogens is 3. The summed E-state index contributed by atoms with van der Waals surface area (Å²) in [6.07, 6.45) is 0. The van der Waals surface area contributed by atoms with Gasteiger partial charge in [0, 0.05) is 17.5 Å². The van der Waals surface area contributed by atoms with Crippen molar-refractivity contribution in [1.29, 1.82) is 0 Å². The summed E-state index contributed by atoms with van der Waals surface area (Å²) in [5, 5.41) is 1.05. The Balaban J connectivity index is 1.51. The molecule has 2 aromatic carbocycles. The number of imidazole rings is 1. The maximum atomic E-state index is 6.12. The van der Waals surface area contributed by atoms with Crippen LogP contribution in [0.3, 0.4) is 0 Å². The second-order valence-corrected chi connectivity index (χ2v) is 6.24. The second-order valence-electron chi connectivity index (χ2n) is 6.24. The first-order valence-electron chi connectivity index (χ1n) is 8.87. The number of hydrogen-bond donors (Lipinski definition) is 1. The number of nitrogens with zero attached hydrogens (tertiary/aromatic N) is 3. The molecule has 0 unspecified atom stereocenters. The lowest BCUT2D eigenvalue weighted by Crippen LogP contribution is -2.08. The van der Waals surface area contributed by atoms with Crippen molar-refractivity contribution in [2.75, 3.05) is 18.9 Å². The molecule has 0 aliphatic carbocycles. The van der Waals surface area contributed by atoms with Gasteiger partial charge in [0.1, 0.15) is 17.9 Å². The first-order chi connectivity index (χ1) is 13.2. The third-order valence-electron chi connectivity index (χ3n) is 4.44. The van der Waals surface area contributed by atoms with Gasteiger partial charge in [-0.15, -0.1) is 0 Å². The lowest BCUT2D eigenvalue weighted by Gasteiger charge is -2.09. The molecule has 2 aromatic heterocycles. The zero-order chi connectivity index (χ0) is 18.6. The molecule has 0 aliphatic heterocycles. The van der Waals surface area contributed by atoms with Crippen LogP contribution < -0.4 is 5.73 Å². The highest BCUT2D eigenvalue weighted by Gasteiger charge is 2.14. The number of ether oxygens (including phenoxy) is 1. The Morgan fingerprint density at radius 2 is 1.81 bits per heavy atom. The molecule has 5 nitrogen and oxygen atoms in total. The van der Waals surface area contributed by atoms with Crippen LogP contribution in [0.15, 0.2) is 54.6 Å². The molecular weight excluding hydrogens is 336 g/mol. The Morgan fingerprint density at radius 3 is 2.67 bits per heavy atom. The summed E-state index contributed by atoms with van der Waals surface area (Å²) >= 11 is 0. The Morgan fingerprint density at radius 1 is 1.04 bits per heavy atom. The molecule has 0 fully saturated rings. The third-order valence-corrected chi connectivity index (χ3v) is 4.44. The highest BCUT2D eigenvalue weighted by molar-refractivity contribution is 6.06. The number of hydrogen-bond acceptors (Lipinski definition) is 4. The SMILES string of the molecule is Cc1nc2c(N)nc3ccccc3c2n1CCOCC#Cc1ccccc1. The van der Waals surface area contributed by atoms with Crippen LogP contribution >= 0.6 is 0 Å². The molecule has 5 heteroatoms. The van der Waals surface area contributed by atoms with Crippen LogP contribution in [0.2, 0.25) is 0 Å². The van der Waals surface area contributed by atoms with Crippen LogP contribution in [0.4, 0.5) is 5.82 Å². The van der Waals surface area contributed by atoms with Gasteiger partial charge in [-0.3, -0.25) is 0 Å². The molecule has 0 radical (unpaired) electrons. The minimum atomic E-state index is 0.394. The standard InChI is InChI=1S/C22H20N4O/c1-16-24-20-21(18-11-5-6-12-19(18)25-22(20)23)26(16)13-15-27-14-7-10-17-8-3-2-4-9-17/h2-6,8-9,11-12H,13-15H2,1H3,(H2,23,25). The van der Waals surface area contributed by atoms with Gasteiger partial charge in [0.2, 0.25) is 0 Å². The zero-order valence-corrected chi connectivity index (χ0v) is 15.1. The van der Waals surface area contributed by atoms with Crippen LogP contribution in [0, 0.1) is 18.8 Å². The van der Waals surface area contributed by atoms with E-state index in [9.17, 15) is 0 Å². The van der Waals surface area contributed by atoms with E-state index >= 15 is 0 Å². The molecule has 4 aromatic rings. The number of nitrogen functional groups attached to an aromatic ring is 1. The summed E-state index contributed by atoms with van der Waals surface area (Å²) < 4.78 is 7.85. The Kier molecular flexibility index (Phi) is 4.73. The van der Waals surface area contributed by atoms with E-state index in [-0.39, 0.29) is 0 Å². The van der Waals surface area contributed by atoms with E-state index in [0.29, 0.717) is 25.6 Å². The van der Waals surface area contributed by atoms with Crippen molar-refractivity contribution < 1.29 is 4.74 Å². The van der Waals surface area contributed by atoms with E-state index in [1.165, 1.54) is 0 Å².